The van der Waals surface area contributed by atoms with Crippen LogP contribution in [0, 0.1) is 0 Å². The van der Waals surface area contributed by atoms with E-state index in [2.05, 4.69) is 13.8 Å². The number of ether oxygens (including phenoxy) is 2. The number of unbranched alkanes of at least 4 members (excludes halogenated alkanes) is 14. The van der Waals surface area contributed by atoms with Gasteiger partial charge in [0.15, 0.2) is 0 Å². The molecule has 0 N–H and O–H groups in total. The number of rotatable bonds is 24. The van der Waals surface area contributed by atoms with Crippen LogP contribution in [0.4, 0.5) is 0 Å². The summed E-state index contributed by atoms with van der Waals surface area (Å²) in [5.41, 5.74) is 0.736. The van der Waals surface area contributed by atoms with Gasteiger partial charge >= 0.3 is 11.9 Å². The van der Waals surface area contributed by atoms with E-state index in [1.165, 1.54) is 89.9 Å². The molecule has 0 heterocycles. The summed E-state index contributed by atoms with van der Waals surface area (Å²) in [6.45, 7) is 6.78. The normalized spacial score (nSPS) is 11.3. The Bertz CT molecular complexity index is 683. The maximum absolute atomic E-state index is 12.5. The van der Waals surface area contributed by atoms with Gasteiger partial charge in [-0.05, 0) is 45.1 Å². The average Bonchev–Trinajstić information content (AvgIpc) is 2.93. The van der Waals surface area contributed by atoms with Crippen molar-refractivity contribution in [3.63, 3.8) is 0 Å². The van der Waals surface area contributed by atoms with Crippen LogP contribution in [-0.4, -0.2) is 62.4 Å². The summed E-state index contributed by atoms with van der Waals surface area (Å²) in [5.74, 6) is -0.844. The molecule has 0 aliphatic rings. The molecule has 0 aliphatic carbocycles. The first-order valence-corrected chi connectivity index (χ1v) is 15.3. The van der Waals surface area contributed by atoms with Gasteiger partial charge in [0.05, 0.1) is 11.1 Å². The first-order valence-electron chi connectivity index (χ1n) is 15.3. The molecule has 0 saturated heterocycles. The topological polar surface area (TPSA) is 59.1 Å². The zero-order chi connectivity index (χ0) is 27.8. The standard InChI is InChI=1S/C32H56N2O4/c1-5-7-9-11-13-15-17-19-24-33(3)27-37-31(35)29-22-21-23-30(26-29)32(36)38-28-34(4)25-20-18-16-14-12-10-8-6-2/h21-23,26H,5-20,24-25,27-28H2,1-4H3. The van der Waals surface area contributed by atoms with Crippen LogP contribution in [0.2, 0.25) is 0 Å². The van der Waals surface area contributed by atoms with E-state index in [1.807, 2.05) is 23.9 Å². The number of esters is 2. The Balaban J connectivity index is 2.23. The Hall–Kier alpha value is -1.92. The maximum atomic E-state index is 12.5. The van der Waals surface area contributed by atoms with Gasteiger partial charge in [-0.15, -0.1) is 0 Å². The summed E-state index contributed by atoms with van der Waals surface area (Å²) in [7, 11) is 3.93. The molecule has 218 valence electrons. The molecule has 1 aromatic carbocycles. The second-order valence-corrected chi connectivity index (χ2v) is 10.8. The molecular weight excluding hydrogens is 476 g/mol. The molecule has 0 unspecified atom stereocenters. The summed E-state index contributed by atoms with van der Waals surface area (Å²) >= 11 is 0. The molecule has 0 aromatic heterocycles. The second-order valence-electron chi connectivity index (χ2n) is 10.8. The van der Waals surface area contributed by atoms with Crippen molar-refractivity contribution in [3.05, 3.63) is 35.4 Å². The van der Waals surface area contributed by atoms with Crippen molar-refractivity contribution in [2.45, 2.75) is 117 Å². The third-order valence-electron chi connectivity index (χ3n) is 6.95. The minimum absolute atomic E-state index is 0.244. The number of carbonyl (C=O) groups is 2. The van der Waals surface area contributed by atoms with Crippen molar-refractivity contribution in [1.82, 2.24) is 9.80 Å². The van der Waals surface area contributed by atoms with E-state index in [0.717, 1.165) is 25.9 Å². The lowest BCUT2D eigenvalue weighted by Gasteiger charge is -2.17. The van der Waals surface area contributed by atoms with Crippen molar-refractivity contribution >= 4 is 11.9 Å². The first-order chi connectivity index (χ1) is 18.5. The summed E-state index contributed by atoms with van der Waals surface area (Å²) in [4.78, 5) is 29.1. The Morgan fingerprint density at radius 2 is 0.921 bits per heavy atom. The van der Waals surface area contributed by atoms with Gasteiger partial charge in [0.2, 0.25) is 0 Å². The van der Waals surface area contributed by atoms with E-state index in [1.54, 1.807) is 24.3 Å². The molecule has 6 nitrogen and oxygen atoms in total. The minimum atomic E-state index is -0.422. The van der Waals surface area contributed by atoms with Crippen LogP contribution in [-0.2, 0) is 9.47 Å². The van der Waals surface area contributed by atoms with Gasteiger partial charge in [0, 0.05) is 13.1 Å². The minimum Gasteiger partial charge on any atom is -0.446 e. The molecule has 0 atom stereocenters. The molecule has 0 spiro atoms. The lowest BCUT2D eigenvalue weighted by Crippen LogP contribution is -2.25. The van der Waals surface area contributed by atoms with Gasteiger partial charge < -0.3 is 9.47 Å². The fourth-order valence-electron chi connectivity index (χ4n) is 4.44. The molecular formula is C32H56N2O4. The Kier molecular flexibility index (Phi) is 20.7. The SMILES string of the molecule is CCCCCCCCCCN(C)COC(=O)c1cccc(C(=O)OCN(C)CCCCCCCCCC)c1. The first kappa shape index (κ1) is 34.1. The van der Waals surface area contributed by atoms with E-state index in [9.17, 15) is 9.59 Å². The van der Waals surface area contributed by atoms with Crippen LogP contribution in [0.1, 0.15) is 137 Å². The van der Waals surface area contributed by atoms with E-state index in [-0.39, 0.29) is 13.5 Å². The lowest BCUT2D eigenvalue weighted by molar-refractivity contribution is 0.0268. The van der Waals surface area contributed by atoms with Crippen molar-refractivity contribution in [2.24, 2.45) is 0 Å². The summed E-state index contributed by atoms with van der Waals surface area (Å²) in [5, 5.41) is 0. The smallest absolute Gasteiger partial charge is 0.339 e. The number of hydrogen-bond acceptors (Lipinski definition) is 6. The third kappa shape index (κ3) is 17.6. The van der Waals surface area contributed by atoms with Crippen LogP contribution < -0.4 is 0 Å². The molecule has 6 heteroatoms. The largest absolute Gasteiger partial charge is 0.446 e. The highest BCUT2D eigenvalue weighted by Crippen LogP contribution is 2.12. The maximum Gasteiger partial charge on any atom is 0.339 e. The van der Waals surface area contributed by atoms with Crippen molar-refractivity contribution in [3.8, 4) is 0 Å². The van der Waals surface area contributed by atoms with Gasteiger partial charge in [-0.25, -0.2) is 9.59 Å². The number of nitrogens with zero attached hydrogens (tertiary/aromatic N) is 2. The second kappa shape index (κ2) is 23.0. The van der Waals surface area contributed by atoms with Crippen molar-refractivity contribution in [1.29, 1.82) is 0 Å². The predicted octanol–water partition coefficient (Wildman–Crippen LogP) is 8.06. The molecule has 0 fully saturated rings. The van der Waals surface area contributed by atoms with E-state index in [0.29, 0.717) is 11.1 Å². The van der Waals surface area contributed by atoms with E-state index >= 15 is 0 Å². The lowest BCUT2D eigenvalue weighted by atomic mass is 10.1. The molecule has 38 heavy (non-hydrogen) atoms. The predicted molar refractivity (Wildman–Crippen MR) is 157 cm³/mol. The van der Waals surface area contributed by atoms with Crippen molar-refractivity contribution in [2.75, 3.05) is 40.6 Å². The molecule has 0 amide bonds. The number of hydrogen-bond donors (Lipinski definition) is 0. The van der Waals surface area contributed by atoms with Crippen LogP contribution in [0.3, 0.4) is 0 Å². The molecule has 0 saturated carbocycles. The van der Waals surface area contributed by atoms with Crippen LogP contribution >= 0.6 is 0 Å². The Morgan fingerprint density at radius 1 is 0.579 bits per heavy atom. The third-order valence-corrected chi connectivity index (χ3v) is 6.95. The van der Waals surface area contributed by atoms with Gasteiger partial charge in [0.1, 0.15) is 13.5 Å². The van der Waals surface area contributed by atoms with Gasteiger partial charge in [-0.1, -0.05) is 110 Å². The number of carbonyl (C=O) groups excluding carboxylic acids is 2. The van der Waals surface area contributed by atoms with E-state index in [4.69, 9.17) is 9.47 Å². The van der Waals surface area contributed by atoms with Crippen LogP contribution in [0.25, 0.3) is 0 Å². The van der Waals surface area contributed by atoms with Crippen LogP contribution in [0.15, 0.2) is 24.3 Å². The zero-order valence-corrected chi connectivity index (χ0v) is 25.0. The fraction of sp³-hybridized carbons (Fsp3) is 0.750. The highest BCUT2D eigenvalue weighted by Gasteiger charge is 2.14. The molecule has 1 aromatic rings. The fourth-order valence-corrected chi connectivity index (χ4v) is 4.44. The van der Waals surface area contributed by atoms with Crippen LogP contribution in [0.5, 0.6) is 0 Å². The van der Waals surface area contributed by atoms with Crippen molar-refractivity contribution < 1.29 is 19.1 Å². The summed E-state index contributed by atoms with van der Waals surface area (Å²) < 4.78 is 10.9. The molecule has 0 radical (unpaired) electrons. The molecule has 0 aliphatic heterocycles. The molecule has 1 rings (SSSR count). The quantitative estimate of drug-likeness (QED) is 0.0762. The monoisotopic (exact) mass is 532 g/mol. The highest BCUT2D eigenvalue weighted by atomic mass is 16.5. The summed E-state index contributed by atoms with van der Waals surface area (Å²) in [6.07, 6.45) is 20.4. The van der Waals surface area contributed by atoms with Gasteiger partial charge in [-0.3, -0.25) is 9.80 Å². The van der Waals surface area contributed by atoms with Gasteiger partial charge in [-0.2, -0.15) is 0 Å². The Labute approximate surface area is 233 Å². The highest BCUT2D eigenvalue weighted by molar-refractivity contribution is 5.95. The van der Waals surface area contributed by atoms with E-state index < -0.39 is 11.9 Å². The summed E-state index contributed by atoms with van der Waals surface area (Å²) in [6, 6.07) is 6.60. The number of benzene rings is 1. The zero-order valence-electron chi connectivity index (χ0n) is 25.0. The molecule has 0 bridgehead atoms. The van der Waals surface area contributed by atoms with Gasteiger partial charge in [0.25, 0.3) is 0 Å². The average molecular weight is 533 g/mol. The Morgan fingerprint density at radius 3 is 1.29 bits per heavy atom.